The van der Waals surface area contributed by atoms with Crippen LogP contribution in [0.2, 0.25) is 0 Å². The van der Waals surface area contributed by atoms with Crippen LogP contribution < -0.4 is 15.0 Å². The molecule has 1 N–H and O–H groups in total. The zero-order valence-corrected chi connectivity index (χ0v) is 14.5. The van der Waals surface area contributed by atoms with Crippen LogP contribution in [0.25, 0.3) is 0 Å². The van der Waals surface area contributed by atoms with Crippen molar-refractivity contribution in [1.29, 1.82) is 0 Å². The van der Waals surface area contributed by atoms with Gasteiger partial charge in [-0.1, -0.05) is 19.1 Å². The Hall–Kier alpha value is -1.64. The number of aromatic nitrogens is 3. The normalized spacial score (nSPS) is 10.3. The highest BCUT2D eigenvalue weighted by molar-refractivity contribution is 14.1. The molecule has 0 fully saturated rings. The Morgan fingerprint density at radius 3 is 2.62 bits per heavy atom. The summed E-state index contributed by atoms with van der Waals surface area (Å²) in [5, 5.41) is 3.16. The minimum absolute atomic E-state index is 0.288. The maximum Gasteiger partial charge on any atom is 0.328 e. The van der Waals surface area contributed by atoms with Crippen molar-refractivity contribution in [2.24, 2.45) is 0 Å². The summed E-state index contributed by atoms with van der Waals surface area (Å²) in [5.41, 5.74) is 0. The predicted octanol–water partition coefficient (Wildman–Crippen LogP) is 3.16. The van der Waals surface area contributed by atoms with Gasteiger partial charge < -0.3 is 15.0 Å². The summed E-state index contributed by atoms with van der Waals surface area (Å²) in [6, 6.07) is 8.03. The standard InChI is InChI=1S/C14H18IN5O/c1-4-9-16-12-17-13(20(2)3)19-14(18-12)21-11-8-6-5-7-10(11)15/h5-8H,4,9H2,1-3H3,(H,16,17,18,19). The van der Waals surface area contributed by atoms with Crippen LogP contribution in [0.15, 0.2) is 24.3 Å². The molecule has 2 rings (SSSR count). The Bertz CT molecular complexity index is 606. The zero-order chi connectivity index (χ0) is 15.2. The second kappa shape index (κ2) is 7.39. The second-order valence-electron chi connectivity index (χ2n) is 4.60. The minimum Gasteiger partial charge on any atom is -0.423 e. The molecule has 0 saturated heterocycles. The van der Waals surface area contributed by atoms with Crippen molar-refractivity contribution in [3.63, 3.8) is 0 Å². The van der Waals surface area contributed by atoms with Gasteiger partial charge in [0.15, 0.2) is 0 Å². The smallest absolute Gasteiger partial charge is 0.328 e. The molecule has 6 nitrogen and oxygen atoms in total. The maximum absolute atomic E-state index is 5.78. The Balaban J connectivity index is 2.29. The van der Waals surface area contributed by atoms with Crippen LogP contribution in [0.3, 0.4) is 0 Å². The molecule has 0 saturated carbocycles. The van der Waals surface area contributed by atoms with E-state index >= 15 is 0 Å². The first-order valence-electron chi connectivity index (χ1n) is 6.69. The molecule has 1 aromatic carbocycles. The molecule has 112 valence electrons. The molecule has 0 aliphatic rings. The fraction of sp³-hybridized carbons (Fsp3) is 0.357. The first kappa shape index (κ1) is 15.7. The lowest BCUT2D eigenvalue weighted by atomic mass is 10.3. The number of para-hydroxylation sites is 1. The van der Waals surface area contributed by atoms with Gasteiger partial charge in [-0.05, 0) is 41.1 Å². The van der Waals surface area contributed by atoms with Gasteiger partial charge in [-0.3, -0.25) is 0 Å². The number of nitrogens with zero attached hydrogens (tertiary/aromatic N) is 4. The van der Waals surface area contributed by atoms with Crippen molar-refractivity contribution in [1.82, 2.24) is 15.0 Å². The van der Waals surface area contributed by atoms with Gasteiger partial charge in [0, 0.05) is 20.6 Å². The number of rotatable bonds is 6. The molecule has 0 aliphatic heterocycles. The Morgan fingerprint density at radius 1 is 1.19 bits per heavy atom. The molecule has 1 heterocycles. The van der Waals surface area contributed by atoms with E-state index < -0.39 is 0 Å². The monoisotopic (exact) mass is 399 g/mol. The van der Waals surface area contributed by atoms with Crippen LogP contribution in [0, 0.1) is 3.57 Å². The van der Waals surface area contributed by atoms with E-state index in [1.54, 1.807) is 0 Å². The highest BCUT2D eigenvalue weighted by Gasteiger charge is 2.11. The summed E-state index contributed by atoms with van der Waals surface area (Å²) >= 11 is 2.22. The van der Waals surface area contributed by atoms with E-state index in [0.29, 0.717) is 11.9 Å². The van der Waals surface area contributed by atoms with Crippen molar-refractivity contribution in [2.75, 3.05) is 30.9 Å². The van der Waals surface area contributed by atoms with E-state index in [2.05, 4.69) is 49.8 Å². The third-order valence-corrected chi connectivity index (χ3v) is 3.47. The highest BCUT2D eigenvalue weighted by atomic mass is 127. The molecule has 0 atom stereocenters. The number of ether oxygens (including phenoxy) is 1. The zero-order valence-electron chi connectivity index (χ0n) is 12.3. The number of hydrogen-bond donors (Lipinski definition) is 1. The molecule has 0 unspecified atom stereocenters. The average Bonchev–Trinajstić information content (AvgIpc) is 2.47. The third-order valence-electron chi connectivity index (χ3n) is 2.57. The van der Waals surface area contributed by atoms with Crippen LogP contribution in [-0.2, 0) is 0 Å². The number of halogens is 1. The second-order valence-corrected chi connectivity index (χ2v) is 5.76. The minimum atomic E-state index is 0.288. The van der Waals surface area contributed by atoms with Crippen LogP contribution in [0.1, 0.15) is 13.3 Å². The summed E-state index contributed by atoms with van der Waals surface area (Å²) < 4.78 is 6.79. The largest absolute Gasteiger partial charge is 0.423 e. The lowest BCUT2D eigenvalue weighted by Gasteiger charge is -2.13. The first-order valence-corrected chi connectivity index (χ1v) is 7.77. The van der Waals surface area contributed by atoms with Crippen LogP contribution in [0.5, 0.6) is 11.8 Å². The van der Waals surface area contributed by atoms with Crippen molar-refractivity contribution in [2.45, 2.75) is 13.3 Å². The lowest BCUT2D eigenvalue weighted by Crippen LogP contribution is -2.16. The van der Waals surface area contributed by atoms with Crippen molar-refractivity contribution in [3.05, 3.63) is 27.8 Å². The summed E-state index contributed by atoms with van der Waals surface area (Å²) in [4.78, 5) is 14.8. The van der Waals surface area contributed by atoms with Gasteiger partial charge in [0.25, 0.3) is 0 Å². The molecule has 2 aromatic rings. The van der Waals surface area contributed by atoms with Gasteiger partial charge in [0.05, 0.1) is 3.57 Å². The van der Waals surface area contributed by atoms with E-state index in [1.807, 2.05) is 43.3 Å². The third kappa shape index (κ3) is 4.42. The van der Waals surface area contributed by atoms with Crippen LogP contribution >= 0.6 is 22.6 Å². The quantitative estimate of drug-likeness (QED) is 0.754. The fourth-order valence-electron chi connectivity index (χ4n) is 1.53. The fourth-order valence-corrected chi connectivity index (χ4v) is 2.03. The average molecular weight is 399 g/mol. The van der Waals surface area contributed by atoms with Crippen LogP contribution in [-0.4, -0.2) is 35.6 Å². The number of hydrogen-bond acceptors (Lipinski definition) is 6. The van der Waals surface area contributed by atoms with E-state index in [1.165, 1.54) is 0 Å². The molecule has 0 aliphatic carbocycles. The Morgan fingerprint density at radius 2 is 1.95 bits per heavy atom. The maximum atomic E-state index is 5.78. The van der Waals surface area contributed by atoms with Crippen molar-refractivity contribution in [3.8, 4) is 11.8 Å². The lowest BCUT2D eigenvalue weighted by molar-refractivity contribution is 0.437. The topological polar surface area (TPSA) is 63.2 Å². The van der Waals surface area contributed by atoms with Gasteiger partial charge in [0.2, 0.25) is 11.9 Å². The van der Waals surface area contributed by atoms with Crippen molar-refractivity contribution < 1.29 is 4.74 Å². The number of benzene rings is 1. The SMILES string of the molecule is CCCNc1nc(Oc2ccccc2I)nc(N(C)C)n1. The molecule has 7 heteroatoms. The predicted molar refractivity (Wildman–Crippen MR) is 92.2 cm³/mol. The Labute approximate surface area is 138 Å². The van der Waals surface area contributed by atoms with Gasteiger partial charge in [-0.25, -0.2) is 0 Å². The number of nitrogens with one attached hydrogen (secondary N) is 1. The van der Waals surface area contributed by atoms with Gasteiger partial charge in [-0.2, -0.15) is 15.0 Å². The molecular formula is C14H18IN5O. The van der Waals surface area contributed by atoms with E-state index in [9.17, 15) is 0 Å². The molecular weight excluding hydrogens is 381 g/mol. The van der Waals surface area contributed by atoms with Gasteiger partial charge >= 0.3 is 6.01 Å². The highest BCUT2D eigenvalue weighted by Crippen LogP contribution is 2.25. The first-order chi connectivity index (χ1) is 10.1. The van der Waals surface area contributed by atoms with E-state index in [0.717, 1.165) is 22.3 Å². The van der Waals surface area contributed by atoms with Gasteiger partial charge in [0.1, 0.15) is 5.75 Å². The Kier molecular flexibility index (Phi) is 5.54. The molecule has 0 radical (unpaired) electrons. The molecule has 21 heavy (non-hydrogen) atoms. The van der Waals surface area contributed by atoms with E-state index in [-0.39, 0.29) is 6.01 Å². The van der Waals surface area contributed by atoms with Crippen molar-refractivity contribution >= 4 is 34.5 Å². The van der Waals surface area contributed by atoms with Gasteiger partial charge in [-0.15, -0.1) is 0 Å². The molecule has 0 bridgehead atoms. The summed E-state index contributed by atoms with van der Waals surface area (Å²) in [5.74, 6) is 1.82. The summed E-state index contributed by atoms with van der Waals surface area (Å²) in [6.07, 6.45) is 0.996. The van der Waals surface area contributed by atoms with E-state index in [4.69, 9.17) is 4.74 Å². The molecule has 0 spiro atoms. The summed E-state index contributed by atoms with van der Waals surface area (Å²) in [6.45, 7) is 2.89. The molecule has 1 aromatic heterocycles. The number of anilines is 2. The molecule has 0 amide bonds. The summed E-state index contributed by atoms with van der Waals surface area (Å²) in [7, 11) is 3.77. The van der Waals surface area contributed by atoms with Crippen LogP contribution in [0.4, 0.5) is 11.9 Å².